The molecule has 0 aromatic heterocycles. The van der Waals surface area contributed by atoms with Crippen molar-refractivity contribution in [3.8, 4) is 0 Å². The van der Waals surface area contributed by atoms with E-state index in [1.54, 1.807) is 0 Å². The summed E-state index contributed by atoms with van der Waals surface area (Å²) in [4.78, 5) is 13.1. The Balaban J connectivity index is 2.17. The van der Waals surface area contributed by atoms with Gasteiger partial charge in [-0.15, -0.1) is 0 Å². The van der Waals surface area contributed by atoms with Crippen molar-refractivity contribution in [1.29, 1.82) is 0 Å². The van der Waals surface area contributed by atoms with Crippen LogP contribution in [0, 0.1) is 0 Å². The highest BCUT2D eigenvalue weighted by Crippen LogP contribution is 2.23. The quantitative estimate of drug-likeness (QED) is 0.0261. The first-order chi connectivity index (χ1) is 34.8. The zero-order valence-electron chi connectivity index (χ0n) is 47.0. The molecule has 422 valence electrons. The standard InChI is InChI=1S/C62H121NO8/c1-3-5-7-9-11-13-15-17-19-21-23-25-27-28-30-31-33-35-37-39-41-43-45-47-49-51-56(65)55(54-70-62-61(69)60(68)59(67)57(53-64)71-62)63-58(66)52-50-48-46-44-42-40-38-36-34-32-29-26-24-22-20-18-16-14-12-10-8-6-4-2/h32,34,55-57,59-62,64-65,67-69H,3-31,33,35-54H2,1-2H3,(H,63,66)/b34-32-. The van der Waals surface area contributed by atoms with E-state index in [0.29, 0.717) is 12.8 Å². The number of unbranched alkanes of at least 4 members (excludes halogenated alkanes) is 43. The van der Waals surface area contributed by atoms with Crippen LogP contribution in [0.3, 0.4) is 0 Å². The van der Waals surface area contributed by atoms with Crippen LogP contribution in [-0.4, -0.2) is 87.5 Å². The van der Waals surface area contributed by atoms with Crippen molar-refractivity contribution in [1.82, 2.24) is 5.32 Å². The van der Waals surface area contributed by atoms with E-state index in [0.717, 1.165) is 38.5 Å². The Morgan fingerprint density at radius 2 is 0.789 bits per heavy atom. The maximum absolute atomic E-state index is 13.1. The summed E-state index contributed by atoms with van der Waals surface area (Å²) in [6.45, 7) is 3.89. The second-order valence-electron chi connectivity index (χ2n) is 22.2. The summed E-state index contributed by atoms with van der Waals surface area (Å²) in [5, 5.41) is 54.8. The highest BCUT2D eigenvalue weighted by Gasteiger charge is 2.44. The molecule has 7 atom stereocenters. The van der Waals surface area contributed by atoms with E-state index in [1.807, 2.05) is 0 Å². The Labute approximate surface area is 439 Å². The minimum Gasteiger partial charge on any atom is -0.394 e. The van der Waals surface area contributed by atoms with Crippen molar-refractivity contribution in [2.75, 3.05) is 13.2 Å². The van der Waals surface area contributed by atoms with Gasteiger partial charge < -0.3 is 40.3 Å². The highest BCUT2D eigenvalue weighted by molar-refractivity contribution is 5.76. The van der Waals surface area contributed by atoms with Gasteiger partial charge in [0.1, 0.15) is 24.4 Å². The van der Waals surface area contributed by atoms with Gasteiger partial charge in [0, 0.05) is 6.42 Å². The molecule has 0 aliphatic carbocycles. The average molecular weight is 1010 g/mol. The Bertz CT molecular complexity index is 1120. The molecule has 0 spiro atoms. The average Bonchev–Trinajstić information content (AvgIpc) is 3.37. The third-order valence-corrected chi connectivity index (χ3v) is 15.4. The number of aliphatic hydroxyl groups is 5. The summed E-state index contributed by atoms with van der Waals surface area (Å²) >= 11 is 0. The molecule has 71 heavy (non-hydrogen) atoms. The van der Waals surface area contributed by atoms with Crippen LogP contribution in [0.1, 0.15) is 322 Å². The summed E-state index contributed by atoms with van der Waals surface area (Å²) in [5.41, 5.74) is 0. The van der Waals surface area contributed by atoms with Crippen molar-refractivity contribution < 1.29 is 39.8 Å². The lowest BCUT2D eigenvalue weighted by molar-refractivity contribution is -0.302. The summed E-state index contributed by atoms with van der Waals surface area (Å²) < 4.78 is 11.3. The van der Waals surface area contributed by atoms with Gasteiger partial charge in [0.2, 0.25) is 5.91 Å². The monoisotopic (exact) mass is 1010 g/mol. The second-order valence-corrected chi connectivity index (χ2v) is 22.2. The molecule has 0 aromatic carbocycles. The van der Waals surface area contributed by atoms with Crippen molar-refractivity contribution in [2.24, 2.45) is 0 Å². The summed E-state index contributed by atoms with van der Waals surface area (Å²) in [6, 6.07) is -0.720. The van der Waals surface area contributed by atoms with Crippen LogP contribution >= 0.6 is 0 Å². The lowest BCUT2D eigenvalue weighted by Crippen LogP contribution is -2.60. The molecular formula is C62H121NO8. The number of amides is 1. The Morgan fingerprint density at radius 3 is 1.14 bits per heavy atom. The fourth-order valence-electron chi connectivity index (χ4n) is 10.4. The first-order valence-electron chi connectivity index (χ1n) is 31.4. The van der Waals surface area contributed by atoms with Gasteiger partial charge in [-0.1, -0.05) is 289 Å². The number of carbonyl (C=O) groups excluding carboxylic acids is 1. The van der Waals surface area contributed by atoms with E-state index in [1.165, 1.54) is 257 Å². The zero-order valence-corrected chi connectivity index (χ0v) is 47.0. The summed E-state index contributed by atoms with van der Waals surface area (Å²) in [5.74, 6) is -0.142. The number of aliphatic hydroxyl groups excluding tert-OH is 5. The van der Waals surface area contributed by atoms with Crippen LogP contribution in [0.25, 0.3) is 0 Å². The Kier molecular flexibility index (Phi) is 50.1. The molecule has 1 rings (SSSR count). The van der Waals surface area contributed by atoms with E-state index in [-0.39, 0.29) is 12.5 Å². The van der Waals surface area contributed by atoms with Crippen molar-refractivity contribution >= 4 is 5.91 Å². The summed E-state index contributed by atoms with van der Waals surface area (Å²) in [7, 11) is 0. The van der Waals surface area contributed by atoms with E-state index >= 15 is 0 Å². The molecule has 1 fully saturated rings. The third-order valence-electron chi connectivity index (χ3n) is 15.4. The van der Waals surface area contributed by atoms with Gasteiger partial charge in [0.05, 0.1) is 25.4 Å². The number of hydrogen-bond donors (Lipinski definition) is 6. The number of nitrogens with one attached hydrogen (secondary N) is 1. The molecular weight excluding hydrogens is 887 g/mol. The van der Waals surface area contributed by atoms with Crippen LogP contribution in [0.4, 0.5) is 0 Å². The van der Waals surface area contributed by atoms with Gasteiger partial charge in [-0.25, -0.2) is 0 Å². The molecule has 9 nitrogen and oxygen atoms in total. The molecule has 0 bridgehead atoms. The van der Waals surface area contributed by atoms with Crippen LogP contribution in [0.15, 0.2) is 12.2 Å². The van der Waals surface area contributed by atoms with Gasteiger partial charge in [0.25, 0.3) is 0 Å². The van der Waals surface area contributed by atoms with E-state index in [9.17, 15) is 30.3 Å². The molecule has 1 heterocycles. The molecule has 1 amide bonds. The molecule has 7 unspecified atom stereocenters. The molecule has 0 saturated carbocycles. The minimum absolute atomic E-state index is 0.135. The topological polar surface area (TPSA) is 149 Å². The number of ether oxygens (including phenoxy) is 2. The maximum atomic E-state index is 13.1. The Hall–Kier alpha value is -1.07. The zero-order chi connectivity index (χ0) is 51.5. The summed E-state index contributed by atoms with van der Waals surface area (Å²) in [6.07, 6.45) is 58.2. The largest absolute Gasteiger partial charge is 0.394 e. The van der Waals surface area contributed by atoms with Gasteiger partial charge >= 0.3 is 0 Å². The van der Waals surface area contributed by atoms with Crippen LogP contribution in [-0.2, 0) is 14.3 Å². The van der Waals surface area contributed by atoms with Gasteiger partial charge in [0.15, 0.2) is 6.29 Å². The number of hydrogen-bond acceptors (Lipinski definition) is 8. The molecule has 0 aromatic rings. The SMILES string of the molecule is CCCCCCCCCCCCCC/C=C\CCCCCCCCCC(=O)NC(COC1OC(CO)C(O)C(O)C1O)C(O)CCCCCCCCCCCCCCCCCCCCCCCCCCC. The van der Waals surface area contributed by atoms with Crippen molar-refractivity contribution in [2.45, 2.75) is 365 Å². The smallest absolute Gasteiger partial charge is 0.220 e. The molecule has 0 radical (unpaired) electrons. The predicted octanol–water partition coefficient (Wildman–Crippen LogP) is 16.0. The van der Waals surface area contributed by atoms with E-state index in [2.05, 4.69) is 31.3 Å². The van der Waals surface area contributed by atoms with Gasteiger partial charge in [-0.2, -0.15) is 0 Å². The van der Waals surface area contributed by atoms with E-state index < -0.39 is 49.5 Å². The molecule has 9 heteroatoms. The fraction of sp³-hybridized carbons (Fsp3) is 0.952. The van der Waals surface area contributed by atoms with Gasteiger partial charge in [-0.05, 0) is 38.5 Å². The number of allylic oxidation sites excluding steroid dienone is 2. The van der Waals surface area contributed by atoms with Crippen LogP contribution in [0.2, 0.25) is 0 Å². The second kappa shape index (κ2) is 52.4. The maximum Gasteiger partial charge on any atom is 0.220 e. The number of rotatable bonds is 55. The lowest BCUT2D eigenvalue weighted by Gasteiger charge is -2.40. The third kappa shape index (κ3) is 41.8. The van der Waals surface area contributed by atoms with Crippen LogP contribution < -0.4 is 5.32 Å². The molecule has 1 aliphatic heterocycles. The fourth-order valence-corrected chi connectivity index (χ4v) is 10.4. The number of carbonyl (C=O) groups is 1. The predicted molar refractivity (Wildman–Crippen MR) is 300 cm³/mol. The minimum atomic E-state index is -1.55. The normalized spacial score (nSPS) is 19.2. The first-order valence-corrected chi connectivity index (χ1v) is 31.4. The Morgan fingerprint density at radius 1 is 0.465 bits per heavy atom. The molecule has 1 saturated heterocycles. The molecule has 6 N–H and O–H groups in total. The van der Waals surface area contributed by atoms with Crippen LogP contribution in [0.5, 0.6) is 0 Å². The van der Waals surface area contributed by atoms with Crippen molar-refractivity contribution in [3.63, 3.8) is 0 Å². The molecule has 1 aliphatic rings. The van der Waals surface area contributed by atoms with E-state index in [4.69, 9.17) is 9.47 Å². The lowest BCUT2D eigenvalue weighted by atomic mass is 9.99. The van der Waals surface area contributed by atoms with Gasteiger partial charge in [-0.3, -0.25) is 4.79 Å². The van der Waals surface area contributed by atoms with Crippen molar-refractivity contribution in [3.05, 3.63) is 12.2 Å². The highest BCUT2D eigenvalue weighted by atomic mass is 16.7. The first kappa shape index (κ1) is 67.9.